The normalized spacial score (nSPS) is 20.2. The van der Waals surface area contributed by atoms with Gasteiger partial charge in [0, 0.05) is 25.4 Å². The van der Waals surface area contributed by atoms with E-state index in [1.54, 1.807) is 24.3 Å². The Hall–Kier alpha value is -2.61. The first-order valence-corrected chi connectivity index (χ1v) is 11.1. The van der Waals surface area contributed by atoms with E-state index in [4.69, 9.17) is 21.1 Å². The third-order valence-corrected chi connectivity index (χ3v) is 5.82. The first-order chi connectivity index (χ1) is 15.1. The zero-order valence-electron chi connectivity index (χ0n) is 18.9. The topological polar surface area (TPSA) is 111 Å². The molecule has 2 amide bonds. The molecular formula is C23H31ClN2O6. The molecular weight excluding hydrogens is 436 g/mol. The molecule has 1 fully saturated rings. The van der Waals surface area contributed by atoms with Crippen molar-refractivity contribution in [2.24, 2.45) is 5.92 Å². The monoisotopic (exact) mass is 466 g/mol. The van der Waals surface area contributed by atoms with Crippen LogP contribution in [-0.4, -0.2) is 43.1 Å². The van der Waals surface area contributed by atoms with Crippen LogP contribution in [0.1, 0.15) is 58.4 Å². The van der Waals surface area contributed by atoms with Crippen LogP contribution in [0.15, 0.2) is 24.3 Å². The maximum atomic E-state index is 13.4. The molecule has 0 radical (unpaired) electrons. The number of esters is 1. The fourth-order valence-electron chi connectivity index (χ4n) is 4.04. The van der Waals surface area contributed by atoms with E-state index < -0.39 is 35.7 Å². The summed E-state index contributed by atoms with van der Waals surface area (Å²) in [5, 5.41) is 5.22. The summed E-state index contributed by atoms with van der Waals surface area (Å²) in [6.45, 7) is 5.10. The Morgan fingerprint density at radius 2 is 1.84 bits per heavy atom. The number of ketones is 1. The summed E-state index contributed by atoms with van der Waals surface area (Å²) in [4.78, 5) is 50.3. The van der Waals surface area contributed by atoms with Crippen molar-refractivity contribution in [2.75, 3.05) is 7.05 Å². The van der Waals surface area contributed by atoms with Gasteiger partial charge in [-0.05, 0) is 36.8 Å². The second-order valence-corrected chi connectivity index (χ2v) is 8.80. The highest BCUT2D eigenvalue weighted by molar-refractivity contribution is 6.31. The fourth-order valence-corrected chi connectivity index (χ4v) is 4.34. The van der Waals surface area contributed by atoms with Gasteiger partial charge in [-0.2, -0.15) is 0 Å². The quantitative estimate of drug-likeness (QED) is 0.448. The number of amides is 2. The highest BCUT2D eigenvalue weighted by Gasteiger charge is 2.53. The summed E-state index contributed by atoms with van der Waals surface area (Å²) in [6.07, 6.45) is -0.232. The van der Waals surface area contributed by atoms with Crippen LogP contribution in [0.3, 0.4) is 0 Å². The Labute approximate surface area is 193 Å². The number of nitrogens with one attached hydrogen (secondary N) is 2. The third-order valence-electron chi connectivity index (χ3n) is 5.49. The van der Waals surface area contributed by atoms with Crippen LogP contribution < -0.4 is 10.6 Å². The molecule has 2 rings (SSSR count). The first-order valence-electron chi connectivity index (χ1n) is 10.8. The molecule has 32 heavy (non-hydrogen) atoms. The van der Waals surface area contributed by atoms with Gasteiger partial charge in [-0.3, -0.25) is 9.59 Å². The van der Waals surface area contributed by atoms with Crippen molar-refractivity contribution in [3.05, 3.63) is 34.9 Å². The van der Waals surface area contributed by atoms with Crippen molar-refractivity contribution in [1.29, 1.82) is 0 Å². The van der Waals surface area contributed by atoms with E-state index in [1.807, 2.05) is 13.8 Å². The van der Waals surface area contributed by atoms with Crippen LogP contribution in [0.4, 0.5) is 4.79 Å². The van der Waals surface area contributed by atoms with Crippen LogP contribution in [0, 0.1) is 5.92 Å². The Morgan fingerprint density at radius 1 is 1.16 bits per heavy atom. The van der Waals surface area contributed by atoms with E-state index in [0.717, 1.165) is 0 Å². The molecule has 0 saturated heterocycles. The van der Waals surface area contributed by atoms with Crippen molar-refractivity contribution in [1.82, 2.24) is 10.6 Å². The van der Waals surface area contributed by atoms with E-state index >= 15 is 0 Å². The molecule has 1 aliphatic rings. The summed E-state index contributed by atoms with van der Waals surface area (Å²) >= 11 is 6.46. The molecule has 1 saturated carbocycles. The van der Waals surface area contributed by atoms with Crippen LogP contribution in [0.25, 0.3) is 0 Å². The van der Waals surface area contributed by atoms with Crippen molar-refractivity contribution in [2.45, 2.75) is 70.6 Å². The Balaban J connectivity index is 2.53. The minimum Gasteiger partial charge on any atom is -0.422 e. The van der Waals surface area contributed by atoms with E-state index in [1.165, 1.54) is 14.0 Å². The lowest BCUT2D eigenvalue weighted by Gasteiger charge is -2.41. The average molecular weight is 467 g/mol. The second-order valence-electron chi connectivity index (χ2n) is 8.39. The zero-order chi connectivity index (χ0) is 23.9. The van der Waals surface area contributed by atoms with E-state index in [2.05, 4.69) is 10.6 Å². The Kier molecular flexibility index (Phi) is 9.07. The van der Waals surface area contributed by atoms with Crippen molar-refractivity contribution < 1.29 is 28.7 Å². The molecule has 2 N–H and O–H groups in total. The van der Waals surface area contributed by atoms with E-state index in [9.17, 15) is 19.2 Å². The lowest BCUT2D eigenvalue weighted by atomic mass is 9.67. The van der Waals surface area contributed by atoms with Crippen LogP contribution >= 0.6 is 11.6 Å². The highest BCUT2D eigenvalue weighted by atomic mass is 35.5. The number of alkyl carbamates (subject to hydrolysis) is 1. The van der Waals surface area contributed by atoms with Crippen molar-refractivity contribution in [3.63, 3.8) is 0 Å². The van der Waals surface area contributed by atoms with Crippen molar-refractivity contribution in [3.8, 4) is 0 Å². The summed E-state index contributed by atoms with van der Waals surface area (Å²) in [5.74, 6) is -1.33. The maximum absolute atomic E-state index is 13.4. The van der Waals surface area contributed by atoms with Gasteiger partial charge in [0.25, 0.3) is 6.29 Å². The number of carbonyl (C=O) groups is 4. The van der Waals surface area contributed by atoms with Gasteiger partial charge in [-0.1, -0.05) is 50.1 Å². The first kappa shape index (κ1) is 25.6. The van der Waals surface area contributed by atoms with Gasteiger partial charge in [-0.15, -0.1) is 0 Å². The molecule has 0 spiro atoms. The Morgan fingerprint density at radius 3 is 2.41 bits per heavy atom. The van der Waals surface area contributed by atoms with Crippen LogP contribution in [0.2, 0.25) is 5.02 Å². The minimum absolute atomic E-state index is 0.0755. The number of hydrogen-bond donors (Lipinski definition) is 2. The van der Waals surface area contributed by atoms with Gasteiger partial charge in [0.05, 0.1) is 0 Å². The van der Waals surface area contributed by atoms with Gasteiger partial charge in [0.1, 0.15) is 11.5 Å². The molecule has 1 aliphatic carbocycles. The maximum Gasteiger partial charge on any atom is 0.410 e. The lowest BCUT2D eigenvalue weighted by molar-refractivity contribution is -0.188. The summed E-state index contributed by atoms with van der Waals surface area (Å²) in [6, 6.07) is 5.81. The van der Waals surface area contributed by atoms with Crippen LogP contribution in [0.5, 0.6) is 0 Å². The summed E-state index contributed by atoms with van der Waals surface area (Å²) < 4.78 is 11.2. The number of ether oxygens (including phenoxy) is 2. The van der Waals surface area contributed by atoms with Gasteiger partial charge in [-0.25, -0.2) is 9.59 Å². The minimum atomic E-state index is -1.55. The number of Topliss-reactive ketones (excluding diaryl/α,β-unsaturated/α-hetero) is 1. The zero-order valence-corrected chi connectivity index (χ0v) is 19.7. The predicted octanol–water partition coefficient (Wildman–Crippen LogP) is 3.50. The number of rotatable bonds is 8. The molecule has 1 aromatic rings. The molecule has 2 unspecified atom stereocenters. The molecule has 9 heteroatoms. The van der Waals surface area contributed by atoms with E-state index in [-0.39, 0.29) is 18.1 Å². The Bertz CT molecular complexity index is 859. The number of benzene rings is 1. The molecule has 0 aromatic heterocycles. The highest BCUT2D eigenvalue weighted by Crippen LogP contribution is 2.44. The molecule has 8 nitrogen and oxygen atoms in total. The SMILES string of the molecule is CNC(=O)OC(OC(=O)C(CC(C)C)NC(C)=O)[C@]1(c2ccccc2Cl)CCCCC1=O. The largest absolute Gasteiger partial charge is 0.422 e. The summed E-state index contributed by atoms with van der Waals surface area (Å²) in [5.41, 5.74) is -1.01. The number of halogens is 1. The molecule has 0 aliphatic heterocycles. The van der Waals surface area contributed by atoms with Gasteiger partial charge in [0.15, 0.2) is 5.78 Å². The standard InChI is InChI=1S/C23H31ClN2O6/c1-14(2)13-18(26-15(3)27)20(29)31-21(32-22(30)25-4)23(12-8-7-11-19(23)28)16-9-5-6-10-17(16)24/h5-6,9-10,14,18,21H,7-8,11-13H2,1-4H3,(H,25,30)(H,26,27)/t18?,21?,23-/m0/s1. The smallest absolute Gasteiger partial charge is 0.410 e. The molecule has 3 atom stereocenters. The van der Waals surface area contributed by atoms with Gasteiger partial charge in [0.2, 0.25) is 5.91 Å². The lowest BCUT2D eigenvalue weighted by Crippen LogP contribution is -2.55. The second kappa shape index (κ2) is 11.3. The average Bonchev–Trinajstić information content (AvgIpc) is 2.73. The van der Waals surface area contributed by atoms with Gasteiger partial charge >= 0.3 is 12.1 Å². The number of hydrogen-bond acceptors (Lipinski definition) is 6. The van der Waals surface area contributed by atoms with Crippen molar-refractivity contribution >= 4 is 35.4 Å². The fraction of sp³-hybridized carbons (Fsp3) is 0.565. The summed E-state index contributed by atoms with van der Waals surface area (Å²) in [7, 11) is 1.37. The molecule has 176 valence electrons. The molecule has 1 aromatic carbocycles. The number of carbonyl (C=O) groups excluding carboxylic acids is 4. The predicted molar refractivity (Wildman–Crippen MR) is 119 cm³/mol. The van der Waals surface area contributed by atoms with Gasteiger partial charge < -0.3 is 20.1 Å². The third kappa shape index (κ3) is 6.00. The molecule has 0 bridgehead atoms. The van der Waals surface area contributed by atoms with Crippen LogP contribution in [-0.2, 0) is 29.3 Å². The molecule has 0 heterocycles. The van der Waals surface area contributed by atoms with E-state index in [0.29, 0.717) is 36.3 Å².